The number of fused-ring (bicyclic) bond motifs is 2. The van der Waals surface area contributed by atoms with Gasteiger partial charge in [0.1, 0.15) is 16.9 Å². The van der Waals surface area contributed by atoms with Gasteiger partial charge in [-0.1, -0.05) is 29.5 Å². The van der Waals surface area contributed by atoms with Crippen LogP contribution in [0.25, 0.3) is 17.1 Å². The number of ether oxygens (including phenoxy) is 1. The third kappa shape index (κ3) is 2.85. The zero-order valence-corrected chi connectivity index (χ0v) is 15.8. The van der Waals surface area contributed by atoms with Crippen LogP contribution in [0.3, 0.4) is 0 Å². The van der Waals surface area contributed by atoms with Crippen molar-refractivity contribution in [1.82, 2.24) is 19.9 Å². The molecule has 1 unspecified atom stereocenters. The molecule has 3 aromatic rings. The Morgan fingerprint density at radius 3 is 2.96 bits per heavy atom. The molecule has 0 radical (unpaired) electrons. The van der Waals surface area contributed by atoms with E-state index in [9.17, 15) is 4.79 Å². The molecule has 28 heavy (non-hydrogen) atoms. The minimum Gasteiger partial charge on any atom is -0.483 e. The Labute approximate surface area is 163 Å². The van der Waals surface area contributed by atoms with Crippen molar-refractivity contribution < 1.29 is 9.53 Å². The largest absolute Gasteiger partial charge is 0.483 e. The van der Waals surface area contributed by atoms with Crippen molar-refractivity contribution in [2.45, 2.75) is 24.9 Å². The lowest BCUT2D eigenvalue weighted by Crippen LogP contribution is -2.38. The summed E-state index contributed by atoms with van der Waals surface area (Å²) < 4.78 is 8.10. The van der Waals surface area contributed by atoms with Crippen LogP contribution in [0, 0.1) is 0 Å². The quantitative estimate of drug-likeness (QED) is 0.655. The van der Waals surface area contributed by atoms with Crippen molar-refractivity contribution in [3.05, 3.63) is 59.7 Å². The fourth-order valence-corrected chi connectivity index (χ4v) is 4.16. The van der Waals surface area contributed by atoms with E-state index in [-0.39, 0.29) is 11.5 Å². The average Bonchev–Trinajstić information content (AvgIpc) is 2.97. The molecule has 1 fully saturated rings. The molecule has 0 saturated carbocycles. The maximum absolute atomic E-state index is 13.1. The van der Waals surface area contributed by atoms with Gasteiger partial charge in [-0.25, -0.2) is 4.68 Å². The molecular weight excluding hydrogens is 352 g/mol. The zero-order chi connectivity index (χ0) is 19.1. The molecular formula is C22H22N4O2. The van der Waals surface area contributed by atoms with Crippen molar-refractivity contribution in [2.24, 2.45) is 7.05 Å². The highest BCUT2D eigenvalue weighted by molar-refractivity contribution is 5.97. The van der Waals surface area contributed by atoms with Crippen molar-refractivity contribution in [1.29, 1.82) is 0 Å². The molecule has 5 rings (SSSR count). The highest BCUT2D eigenvalue weighted by atomic mass is 16.5. The van der Waals surface area contributed by atoms with Crippen LogP contribution in [0.1, 0.15) is 35.2 Å². The maximum atomic E-state index is 13.1. The first-order valence-electron chi connectivity index (χ1n) is 9.70. The minimum absolute atomic E-state index is 0.0461. The van der Waals surface area contributed by atoms with Gasteiger partial charge < -0.3 is 9.64 Å². The number of benzene rings is 2. The van der Waals surface area contributed by atoms with Crippen molar-refractivity contribution in [3.8, 4) is 5.75 Å². The summed E-state index contributed by atoms with van der Waals surface area (Å²) in [5.41, 5.74) is 3.12. The first kappa shape index (κ1) is 17.0. The van der Waals surface area contributed by atoms with E-state index in [1.54, 1.807) is 4.68 Å². The molecule has 1 amide bonds. The van der Waals surface area contributed by atoms with E-state index in [0.717, 1.165) is 48.2 Å². The Morgan fingerprint density at radius 2 is 2.04 bits per heavy atom. The summed E-state index contributed by atoms with van der Waals surface area (Å²) in [7, 11) is 1.85. The van der Waals surface area contributed by atoms with E-state index in [1.165, 1.54) is 0 Å². The Morgan fingerprint density at radius 1 is 1.14 bits per heavy atom. The molecule has 3 heterocycles. The van der Waals surface area contributed by atoms with Gasteiger partial charge in [0.15, 0.2) is 0 Å². The summed E-state index contributed by atoms with van der Waals surface area (Å²) in [5.74, 6) is 0.975. The molecule has 0 N–H and O–H groups in total. The lowest BCUT2D eigenvalue weighted by molar-refractivity contribution is 0.0730. The van der Waals surface area contributed by atoms with Crippen LogP contribution >= 0.6 is 0 Å². The van der Waals surface area contributed by atoms with Crippen LogP contribution in [0.15, 0.2) is 48.5 Å². The van der Waals surface area contributed by atoms with Gasteiger partial charge in [-0.2, -0.15) is 0 Å². The van der Waals surface area contributed by atoms with Crippen molar-refractivity contribution >= 4 is 23.0 Å². The standard InChI is InChI=1S/C22H22N4O2/c1-25-19-8-7-17(15-18(19)23-24-25)21(27)26-13-4-10-22(12-14-26)11-9-16-5-2-3-6-20(16)28-22/h2-3,5-9,11,15H,4,10,12-14H2,1H3. The molecule has 2 aliphatic rings. The number of carbonyl (C=O) groups excluding carboxylic acids is 1. The number of nitrogens with zero attached hydrogens (tertiary/aromatic N) is 4. The van der Waals surface area contributed by atoms with Gasteiger partial charge in [0.05, 0.1) is 5.52 Å². The Bertz CT molecular complexity index is 1090. The highest BCUT2D eigenvalue weighted by Gasteiger charge is 2.35. The van der Waals surface area contributed by atoms with Gasteiger partial charge in [-0.3, -0.25) is 4.79 Å². The summed E-state index contributed by atoms with van der Waals surface area (Å²) in [6, 6.07) is 13.7. The van der Waals surface area contributed by atoms with Crippen LogP contribution in [-0.4, -0.2) is 44.5 Å². The molecule has 6 heteroatoms. The number of aromatic nitrogens is 3. The molecule has 0 bridgehead atoms. The molecule has 2 aromatic carbocycles. The molecule has 1 saturated heterocycles. The lowest BCUT2D eigenvalue weighted by Gasteiger charge is -2.34. The molecule has 142 valence electrons. The number of amides is 1. The molecule has 2 aliphatic heterocycles. The first-order chi connectivity index (χ1) is 13.6. The monoisotopic (exact) mass is 374 g/mol. The summed E-state index contributed by atoms with van der Waals surface area (Å²) in [4.78, 5) is 15.0. The third-order valence-corrected chi connectivity index (χ3v) is 5.78. The second kappa shape index (κ2) is 6.48. The second-order valence-corrected chi connectivity index (χ2v) is 7.60. The SMILES string of the molecule is Cn1nnc2cc(C(=O)N3CCCC4(C=Cc5ccccc5O4)CC3)ccc21. The average molecular weight is 374 g/mol. The van der Waals surface area contributed by atoms with E-state index in [2.05, 4.69) is 28.5 Å². The van der Waals surface area contributed by atoms with E-state index in [4.69, 9.17) is 4.74 Å². The van der Waals surface area contributed by atoms with Crippen LogP contribution in [0.5, 0.6) is 5.75 Å². The molecule has 1 aromatic heterocycles. The lowest BCUT2D eigenvalue weighted by atomic mass is 9.91. The van der Waals surface area contributed by atoms with Gasteiger partial charge in [-0.15, -0.1) is 5.10 Å². The zero-order valence-electron chi connectivity index (χ0n) is 15.8. The Kier molecular flexibility index (Phi) is 3.93. The fourth-order valence-electron chi connectivity index (χ4n) is 4.16. The van der Waals surface area contributed by atoms with Crippen molar-refractivity contribution in [2.75, 3.05) is 13.1 Å². The fraction of sp³-hybridized carbons (Fsp3) is 0.318. The van der Waals surface area contributed by atoms with E-state index in [1.807, 2.05) is 48.3 Å². The summed E-state index contributed by atoms with van der Waals surface area (Å²) in [6.45, 7) is 1.40. The van der Waals surface area contributed by atoms with Gasteiger partial charge in [0, 0.05) is 37.7 Å². The van der Waals surface area contributed by atoms with Gasteiger partial charge >= 0.3 is 0 Å². The molecule has 0 aliphatic carbocycles. The minimum atomic E-state index is -0.321. The molecule has 6 nitrogen and oxygen atoms in total. The predicted octanol–water partition coefficient (Wildman–Crippen LogP) is 3.44. The topological polar surface area (TPSA) is 60.2 Å². The molecule has 1 atom stereocenters. The Hall–Kier alpha value is -3.15. The number of para-hydroxylation sites is 1. The second-order valence-electron chi connectivity index (χ2n) is 7.60. The summed E-state index contributed by atoms with van der Waals surface area (Å²) >= 11 is 0. The number of carbonyl (C=O) groups is 1. The molecule has 1 spiro atoms. The van der Waals surface area contributed by atoms with Crippen molar-refractivity contribution in [3.63, 3.8) is 0 Å². The van der Waals surface area contributed by atoms with E-state index < -0.39 is 0 Å². The van der Waals surface area contributed by atoms with Crippen LogP contribution in [0.2, 0.25) is 0 Å². The van der Waals surface area contributed by atoms with Gasteiger partial charge in [-0.05, 0) is 43.2 Å². The predicted molar refractivity (Wildman–Crippen MR) is 107 cm³/mol. The maximum Gasteiger partial charge on any atom is 0.253 e. The number of likely N-dealkylation sites (tertiary alicyclic amines) is 1. The Balaban J connectivity index is 1.35. The van der Waals surface area contributed by atoms with Crippen LogP contribution in [-0.2, 0) is 7.05 Å². The summed E-state index contributed by atoms with van der Waals surface area (Å²) in [6.07, 6.45) is 6.93. The summed E-state index contributed by atoms with van der Waals surface area (Å²) in [5, 5.41) is 8.14. The first-order valence-corrected chi connectivity index (χ1v) is 9.70. The number of hydrogen-bond donors (Lipinski definition) is 0. The van der Waals surface area contributed by atoms with Gasteiger partial charge in [0.25, 0.3) is 5.91 Å². The number of rotatable bonds is 1. The van der Waals surface area contributed by atoms with Crippen LogP contribution < -0.4 is 4.74 Å². The normalized spacial score (nSPS) is 21.4. The smallest absolute Gasteiger partial charge is 0.253 e. The third-order valence-electron chi connectivity index (χ3n) is 5.78. The van der Waals surface area contributed by atoms with E-state index in [0.29, 0.717) is 12.1 Å². The number of aryl methyl sites for hydroxylation is 1. The van der Waals surface area contributed by atoms with Gasteiger partial charge in [0.2, 0.25) is 0 Å². The number of hydrogen-bond acceptors (Lipinski definition) is 4. The van der Waals surface area contributed by atoms with E-state index >= 15 is 0 Å². The van der Waals surface area contributed by atoms with Crippen LogP contribution in [0.4, 0.5) is 0 Å². The highest BCUT2D eigenvalue weighted by Crippen LogP contribution is 2.37.